The molecule has 1 aliphatic carbocycles. The van der Waals surface area contributed by atoms with Gasteiger partial charge >= 0.3 is 0 Å². The van der Waals surface area contributed by atoms with Gasteiger partial charge in [-0.1, -0.05) is 31.0 Å². The summed E-state index contributed by atoms with van der Waals surface area (Å²) in [6.07, 6.45) is 6.59. The summed E-state index contributed by atoms with van der Waals surface area (Å²) in [5.41, 5.74) is 0.952. The lowest BCUT2D eigenvalue weighted by molar-refractivity contribution is -0.134. The molecule has 1 aromatic rings. The van der Waals surface area contributed by atoms with Crippen molar-refractivity contribution in [3.05, 3.63) is 29.8 Å². The first-order valence-corrected chi connectivity index (χ1v) is 9.03. The van der Waals surface area contributed by atoms with Crippen molar-refractivity contribution in [1.29, 1.82) is 0 Å². The number of fused-ring (bicyclic) bond motifs is 2. The molecule has 0 spiro atoms. The molecule has 4 nitrogen and oxygen atoms in total. The molecule has 0 radical (unpaired) electrons. The van der Waals surface area contributed by atoms with Crippen molar-refractivity contribution in [2.75, 3.05) is 19.7 Å². The molecule has 1 unspecified atom stereocenters. The average molecular weight is 314 g/mol. The van der Waals surface area contributed by atoms with Crippen LogP contribution >= 0.6 is 0 Å². The predicted molar refractivity (Wildman–Crippen MR) is 89.3 cm³/mol. The number of benzene rings is 1. The normalized spacial score (nSPS) is 33.0. The highest BCUT2D eigenvalue weighted by Crippen LogP contribution is 2.44. The van der Waals surface area contributed by atoms with E-state index < -0.39 is 0 Å². The van der Waals surface area contributed by atoms with Crippen LogP contribution in [0.4, 0.5) is 0 Å². The van der Waals surface area contributed by atoms with Crippen LogP contribution in [0.1, 0.15) is 50.1 Å². The molecule has 124 valence electrons. The maximum Gasteiger partial charge on any atom is 0.228 e. The summed E-state index contributed by atoms with van der Waals surface area (Å²) in [6, 6.07) is 8.22. The van der Waals surface area contributed by atoms with Crippen LogP contribution in [0.25, 0.3) is 0 Å². The van der Waals surface area contributed by atoms with Gasteiger partial charge in [-0.2, -0.15) is 0 Å². The monoisotopic (exact) mass is 314 g/mol. The van der Waals surface area contributed by atoms with Gasteiger partial charge in [0, 0.05) is 12.1 Å². The van der Waals surface area contributed by atoms with E-state index in [0.29, 0.717) is 5.92 Å². The fraction of sp³-hybridized carbons (Fsp3) is 0.632. The third-order valence-corrected chi connectivity index (χ3v) is 5.98. The van der Waals surface area contributed by atoms with Crippen LogP contribution in [0.2, 0.25) is 0 Å². The number of hydrogen-bond acceptors (Lipinski definition) is 3. The second-order valence-electron chi connectivity index (χ2n) is 7.28. The number of rotatable bonds is 2. The molecule has 4 rings (SSSR count). The number of carbonyl (C=O) groups excluding carboxylic acids is 1. The summed E-state index contributed by atoms with van der Waals surface area (Å²) < 4.78 is 5.83. The molecule has 1 saturated heterocycles. The van der Waals surface area contributed by atoms with Crippen LogP contribution < -0.4 is 15.4 Å². The van der Waals surface area contributed by atoms with Gasteiger partial charge in [-0.25, -0.2) is 0 Å². The second kappa shape index (κ2) is 6.16. The Morgan fingerprint density at radius 2 is 2.13 bits per heavy atom. The lowest BCUT2D eigenvalue weighted by Crippen LogP contribution is -2.48. The Labute approximate surface area is 138 Å². The fourth-order valence-corrected chi connectivity index (χ4v) is 4.67. The van der Waals surface area contributed by atoms with Crippen molar-refractivity contribution in [2.45, 2.75) is 44.6 Å². The molecule has 1 aromatic carbocycles. The van der Waals surface area contributed by atoms with Crippen molar-refractivity contribution in [3.63, 3.8) is 0 Å². The Hall–Kier alpha value is -1.55. The van der Waals surface area contributed by atoms with E-state index in [9.17, 15) is 4.79 Å². The van der Waals surface area contributed by atoms with Gasteiger partial charge < -0.3 is 15.4 Å². The van der Waals surface area contributed by atoms with E-state index in [-0.39, 0.29) is 17.4 Å². The van der Waals surface area contributed by atoms with Crippen LogP contribution in [-0.4, -0.2) is 25.6 Å². The van der Waals surface area contributed by atoms with Gasteiger partial charge in [-0.3, -0.25) is 4.79 Å². The summed E-state index contributed by atoms with van der Waals surface area (Å²) in [6.45, 7) is 2.57. The minimum atomic E-state index is -0.180. The highest BCUT2D eigenvalue weighted by Gasteiger charge is 2.50. The highest BCUT2D eigenvalue weighted by atomic mass is 16.5. The van der Waals surface area contributed by atoms with E-state index in [1.54, 1.807) is 0 Å². The second-order valence-corrected chi connectivity index (χ2v) is 7.28. The molecule has 2 aliphatic heterocycles. The average Bonchev–Trinajstić information content (AvgIpc) is 2.93. The summed E-state index contributed by atoms with van der Waals surface area (Å²) in [5, 5.41) is 6.86. The van der Waals surface area contributed by atoms with Crippen molar-refractivity contribution >= 4 is 5.91 Å². The maximum absolute atomic E-state index is 13.2. The number of hydrogen-bond donors (Lipinski definition) is 2. The summed E-state index contributed by atoms with van der Waals surface area (Å²) in [4.78, 5) is 13.2. The van der Waals surface area contributed by atoms with Crippen LogP contribution in [0.15, 0.2) is 24.3 Å². The van der Waals surface area contributed by atoms with Crippen LogP contribution in [0.5, 0.6) is 5.75 Å². The minimum Gasteiger partial charge on any atom is -0.493 e. The van der Waals surface area contributed by atoms with Gasteiger partial charge in [0.25, 0.3) is 0 Å². The molecule has 3 aliphatic rings. The summed E-state index contributed by atoms with van der Waals surface area (Å²) in [7, 11) is 0. The topological polar surface area (TPSA) is 50.4 Å². The van der Waals surface area contributed by atoms with E-state index in [1.807, 2.05) is 18.2 Å². The van der Waals surface area contributed by atoms with Crippen LogP contribution in [-0.2, 0) is 4.79 Å². The summed E-state index contributed by atoms with van der Waals surface area (Å²) >= 11 is 0. The van der Waals surface area contributed by atoms with E-state index >= 15 is 0 Å². The third kappa shape index (κ3) is 2.63. The zero-order valence-electron chi connectivity index (χ0n) is 13.6. The van der Waals surface area contributed by atoms with Gasteiger partial charge in [0.15, 0.2) is 0 Å². The molecule has 1 amide bonds. The lowest BCUT2D eigenvalue weighted by Gasteiger charge is -2.38. The zero-order chi connectivity index (χ0) is 15.7. The van der Waals surface area contributed by atoms with Crippen LogP contribution in [0, 0.1) is 11.3 Å². The largest absolute Gasteiger partial charge is 0.493 e. The van der Waals surface area contributed by atoms with Gasteiger partial charge in [0.1, 0.15) is 5.75 Å². The Kier molecular flexibility index (Phi) is 4.02. The predicted octanol–water partition coefficient (Wildman–Crippen LogP) is 2.80. The van der Waals surface area contributed by atoms with E-state index in [1.165, 1.54) is 19.3 Å². The molecular weight excluding hydrogens is 288 g/mol. The molecule has 1 saturated carbocycles. The smallest absolute Gasteiger partial charge is 0.228 e. The first-order valence-electron chi connectivity index (χ1n) is 9.03. The Balaban J connectivity index is 1.56. The van der Waals surface area contributed by atoms with E-state index in [0.717, 1.165) is 50.3 Å². The quantitative estimate of drug-likeness (QED) is 0.882. The van der Waals surface area contributed by atoms with Gasteiger partial charge in [-0.05, 0) is 44.2 Å². The zero-order valence-corrected chi connectivity index (χ0v) is 13.6. The van der Waals surface area contributed by atoms with Gasteiger partial charge in [0.2, 0.25) is 5.91 Å². The van der Waals surface area contributed by atoms with Crippen molar-refractivity contribution in [1.82, 2.24) is 10.6 Å². The standard InChI is InChI=1S/C19H26N2O2/c22-18(19-10-4-3-6-14(19)12-20-13-19)21-16-8-5-11-23-17-9-2-1-7-15(16)17/h1-2,7,9,14,16,20H,3-6,8,10-13H2,(H,21,22)/t14-,16?,19+/m0/s1. The summed E-state index contributed by atoms with van der Waals surface area (Å²) in [5.74, 6) is 1.69. The maximum atomic E-state index is 13.2. The molecule has 4 heteroatoms. The fourth-order valence-electron chi connectivity index (χ4n) is 4.67. The van der Waals surface area contributed by atoms with E-state index in [2.05, 4.69) is 16.7 Å². The third-order valence-electron chi connectivity index (χ3n) is 5.98. The first kappa shape index (κ1) is 15.0. The molecule has 2 N–H and O–H groups in total. The van der Waals surface area contributed by atoms with Crippen molar-refractivity contribution < 1.29 is 9.53 Å². The molecule has 0 bridgehead atoms. The Morgan fingerprint density at radius 3 is 3.09 bits per heavy atom. The number of carbonyl (C=O) groups is 1. The number of para-hydroxylation sites is 1. The number of nitrogens with one attached hydrogen (secondary N) is 2. The first-order chi connectivity index (χ1) is 11.3. The minimum absolute atomic E-state index is 0.0822. The molecule has 0 aromatic heterocycles. The van der Waals surface area contributed by atoms with E-state index in [4.69, 9.17) is 4.74 Å². The molecule has 2 fully saturated rings. The van der Waals surface area contributed by atoms with Crippen LogP contribution in [0.3, 0.4) is 0 Å². The molecule has 23 heavy (non-hydrogen) atoms. The van der Waals surface area contributed by atoms with Crippen molar-refractivity contribution in [3.8, 4) is 5.75 Å². The Morgan fingerprint density at radius 1 is 1.22 bits per heavy atom. The SMILES string of the molecule is O=C(NC1CCCOc2ccccc21)[C@@]12CCCC[C@H]1CNC2. The highest BCUT2D eigenvalue weighted by molar-refractivity contribution is 5.84. The lowest BCUT2D eigenvalue weighted by atomic mass is 9.67. The van der Waals surface area contributed by atoms with Crippen molar-refractivity contribution in [2.24, 2.45) is 11.3 Å². The number of amides is 1. The number of ether oxygens (including phenoxy) is 1. The molecular formula is C19H26N2O2. The van der Waals surface area contributed by atoms with Gasteiger partial charge in [0.05, 0.1) is 18.1 Å². The Bertz CT molecular complexity index is 588. The van der Waals surface area contributed by atoms with Gasteiger partial charge in [-0.15, -0.1) is 0 Å². The molecule has 3 atom stereocenters. The molecule has 2 heterocycles.